The maximum absolute atomic E-state index is 11.7. The van der Waals surface area contributed by atoms with Gasteiger partial charge >= 0.3 is 5.97 Å². The summed E-state index contributed by atoms with van der Waals surface area (Å²) in [6.45, 7) is 6.32. The predicted octanol–water partition coefficient (Wildman–Crippen LogP) is 2.46. The Morgan fingerprint density at radius 3 is 2.35 bits per heavy atom. The van der Waals surface area contributed by atoms with Gasteiger partial charge in [0.2, 0.25) is 5.91 Å². The molecule has 2 N–H and O–H groups in total. The van der Waals surface area contributed by atoms with Crippen LogP contribution in [-0.2, 0) is 16.0 Å². The molecule has 0 spiro atoms. The monoisotopic (exact) mass is 277 g/mol. The first-order valence-corrected chi connectivity index (χ1v) is 6.92. The highest BCUT2D eigenvalue weighted by molar-refractivity contribution is 5.76. The molecule has 4 heteroatoms. The number of aliphatic carboxylic acids is 1. The summed E-state index contributed by atoms with van der Waals surface area (Å²) in [6, 6.07) is 6.29. The van der Waals surface area contributed by atoms with E-state index in [1.54, 1.807) is 0 Å². The molecule has 1 aromatic carbocycles. The molecule has 110 valence electrons. The van der Waals surface area contributed by atoms with Gasteiger partial charge < -0.3 is 10.4 Å². The Morgan fingerprint density at radius 1 is 1.20 bits per heavy atom. The number of hydrogen-bond acceptors (Lipinski definition) is 2. The topological polar surface area (TPSA) is 66.4 Å². The van der Waals surface area contributed by atoms with Crippen molar-refractivity contribution in [3.8, 4) is 0 Å². The Bertz CT molecular complexity index is 462. The Morgan fingerprint density at radius 2 is 1.80 bits per heavy atom. The molecule has 0 radical (unpaired) electrons. The molecule has 0 aromatic heterocycles. The van der Waals surface area contributed by atoms with Gasteiger partial charge in [0.15, 0.2) is 0 Å². The number of aryl methyl sites for hydroxylation is 3. The summed E-state index contributed by atoms with van der Waals surface area (Å²) >= 11 is 0. The fourth-order valence-electron chi connectivity index (χ4n) is 2.22. The normalized spacial score (nSPS) is 11.9. The summed E-state index contributed by atoms with van der Waals surface area (Å²) in [6.07, 6.45) is 1.22. The summed E-state index contributed by atoms with van der Waals surface area (Å²) in [7, 11) is 0. The van der Waals surface area contributed by atoms with Gasteiger partial charge in [-0.1, -0.05) is 36.2 Å². The van der Waals surface area contributed by atoms with Crippen molar-refractivity contribution in [3.63, 3.8) is 0 Å². The number of rotatable bonds is 7. The number of amides is 1. The molecule has 0 heterocycles. The minimum Gasteiger partial charge on any atom is -0.481 e. The Labute approximate surface area is 120 Å². The first kappa shape index (κ1) is 16.2. The van der Waals surface area contributed by atoms with Gasteiger partial charge in [-0.2, -0.15) is 0 Å². The van der Waals surface area contributed by atoms with Gasteiger partial charge in [-0.15, -0.1) is 0 Å². The van der Waals surface area contributed by atoms with Crippen LogP contribution >= 0.6 is 0 Å². The highest BCUT2D eigenvalue weighted by Crippen LogP contribution is 2.10. The van der Waals surface area contributed by atoms with Gasteiger partial charge in [-0.25, -0.2) is 0 Å². The van der Waals surface area contributed by atoms with E-state index in [1.165, 1.54) is 11.1 Å². The third-order valence-corrected chi connectivity index (χ3v) is 3.09. The molecule has 1 rings (SSSR count). The lowest BCUT2D eigenvalue weighted by molar-refractivity contribution is -0.138. The molecular formula is C16H23NO3. The Kier molecular flexibility index (Phi) is 6.22. The van der Waals surface area contributed by atoms with Crippen molar-refractivity contribution in [2.24, 2.45) is 5.92 Å². The zero-order valence-corrected chi connectivity index (χ0v) is 12.4. The van der Waals surface area contributed by atoms with Gasteiger partial charge in [0.25, 0.3) is 0 Å². The van der Waals surface area contributed by atoms with E-state index >= 15 is 0 Å². The number of benzene rings is 1. The molecule has 1 amide bonds. The van der Waals surface area contributed by atoms with Gasteiger partial charge in [-0.05, 0) is 31.7 Å². The highest BCUT2D eigenvalue weighted by atomic mass is 16.4. The van der Waals surface area contributed by atoms with Gasteiger partial charge in [-0.3, -0.25) is 9.59 Å². The molecule has 0 saturated carbocycles. The van der Waals surface area contributed by atoms with Crippen LogP contribution < -0.4 is 5.32 Å². The van der Waals surface area contributed by atoms with Gasteiger partial charge in [0.1, 0.15) is 0 Å². The SMILES string of the molecule is Cc1cc(C)cc(CCC(=O)NCC(C)CC(=O)O)c1. The van der Waals surface area contributed by atoms with E-state index in [0.717, 1.165) is 5.56 Å². The van der Waals surface area contributed by atoms with Crippen molar-refractivity contribution in [3.05, 3.63) is 34.9 Å². The lowest BCUT2D eigenvalue weighted by Gasteiger charge is -2.10. The molecule has 0 saturated heterocycles. The number of carbonyl (C=O) groups excluding carboxylic acids is 1. The second kappa shape index (κ2) is 7.68. The Balaban J connectivity index is 2.34. The summed E-state index contributed by atoms with van der Waals surface area (Å²) in [4.78, 5) is 22.2. The van der Waals surface area contributed by atoms with Crippen LogP contribution in [0.4, 0.5) is 0 Å². The number of carboxylic acids is 1. The zero-order chi connectivity index (χ0) is 15.1. The minimum atomic E-state index is -0.831. The Hall–Kier alpha value is -1.84. The average molecular weight is 277 g/mol. The number of nitrogens with one attached hydrogen (secondary N) is 1. The van der Waals surface area contributed by atoms with E-state index in [1.807, 2.05) is 20.8 Å². The van der Waals surface area contributed by atoms with E-state index in [0.29, 0.717) is 19.4 Å². The summed E-state index contributed by atoms with van der Waals surface area (Å²) in [5, 5.41) is 11.4. The van der Waals surface area contributed by atoms with E-state index in [9.17, 15) is 9.59 Å². The first-order valence-electron chi connectivity index (χ1n) is 6.92. The average Bonchev–Trinajstić information content (AvgIpc) is 2.32. The molecule has 1 unspecified atom stereocenters. The van der Waals surface area contributed by atoms with Crippen molar-refractivity contribution in [1.29, 1.82) is 0 Å². The van der Waals surface area contributed by atoms with Crippen LogP contribution in [0.15, 0.2) is 18.2 Å². The van der Waals surface area contributed by atoms with E-state index in [4.69, 9.17) is 5.11 Å². The first-order chi connectivity index (χ1) is 9.36. The third-order valence-electron chi connectivity index (χ3n) is 3.09. The van der Waals surface area contributed by atoms with E-state index in [-0.39, 0.29) is 18.2 Å². The predicted molar refractivity (Wildman–Crippen MR) is 78.7 cm³/mol. The molecule has 4 nitrogen and oxygen atoms in total. The van der Waals surface area contributed by atoms with Crippen molar-refractivity contribution in [2.75, 3.05) is 6.54 Å². The number of hydrogen-bond donors (Lipinski definition) is 2. The van der Waals surface area contributed by atoms with Crippen molar-refractivity contribution >= 4 is 11.9 Å². The summed E-state index contributed by atoms with van der Waals surface area (Å²) in [5.41, 5.74) is 3.57. The van der Waals surface area contributed by atoms with Crippen LogP contribution in [0.1, 0.15) is 36.5 Å². The van der Waals surface area contributed by atoms with Crippen LogP contribution in [0.2, 0.25) is 0 Å². The quantitative estimate of drug-likeness (QED) is 0.804. The van der Waals surface area contributed by atoms with E-state index in [2.05, 4.69) is 23.5 Å². The van der Waals surface area contributed by atoms with Crippen LogP contribution in [0.3, 0.4) is 0 Å². The molecule has 0 bridgehead atoms. The molecule has 0 aliphatic carbocycles. The van der Waals surface area contributed by atoms with Crippen LogP contribution in [0.25, 0.3) is 0 Å². The second-order valence-electron chi connectivity index (χ2n) is 5.50. The molecule has 0 fully saturated rings. The summed E-state index contributed by atoms with van der Waals surface area (Å²) in [5.74, 6) is -0.902. The smallest absolute Gasteiger partial charge is 0.303 e. The summed E-state index contributed by atoms with van der Waals surface area (Å²) < 4.78 is 0. The van der Waals surface area contributed by atoms with Crippen LogP contribution in [0.5, 0.6) is 0 Å². The van der Waals surface area contributed by atoms with Crippen molar-refractivity contribution in [2.45, 2.75) is 40.0 Å². The molecule has 0 aliphatic rings. The second-order valence-corrected chi connectivity index (χ2v) is 5.50. The van der Waals surface area contributed by atoms with Crippen molar-refractivity contribution in [1.82, 2.24) is 5.32 Å². The molecule has 1 atom stereocenters. The lowest BCUT2D eigenvalue weighted by Crippen LogP contribution is -2.29. The van der Waals surface area contributed by atoms with Crippen LogP contribution in [-0.4, -0.2) is 23.5 Å². The minimum absolute atomic E-state index is 0.0265. The largest absolute Gasteiger partial charge is 0.481 e. The van der Waals surface area contributed by atoms with Crippen molar-refractivity contribution < 1.29 is 14.7 Å². The molecule has 20 heavy (non-hydrogen) atoms. The number of carboxylic acid groups (broad SMARTS) is 1. The maximum atomic E-state index is 11.7. The highest BCUT2D eigenvalue weighted by Gasteiger charge is 2.09. The molecule has 1 aromatic rings. The fraction of sp³-hybridized carbons (Fsp3) is 0.500. The number of carbonyl (C=O) groups is 2. The standard InChI is InChI=1S/C16H23NO3/c1-11-6-12(2)8-14(7-11)4-5-15(18)17-10-13(3)9-16(19)20/h6-8,13H,4-5,9-10H2,1-3H3,(H,17,18)(H,19,20). The van der Waals surface area contributed by atoms with E-state index < -0.39 is 5.97 Å². The van der Waals surface area contributed by atoms with Gasteiger partial charge in [0, 0.05) is 19.4 Å². The fourth-order valence-corrected chi connectivity index (χ4v) is 2.22. The zero-order valence-electron chi connectivity index (χ0n) is 12.4. The molecule has 0 aliphatic heterocycles. The lowest BCUT2D eigenvalue weighted by atomic mass is 10.0. The van der Waals surface area contributed by atoms with Crippen LogP contribution in [0, 0.1) is 19.8 Å². The van der Waals surface area contributed by atoms with Gasteiger partial charge in [0.05, 0.1) is 0 Å². The third kappa shape index (κ3) is 6.36. The maximum Gasteiger partial charge on any atom is 0.303 e. The molecular weight excluding hydrogens is 254 g/mol.